The lowest BCUT2D eigenvalue weighted by Crippen LogP contribution is -2.35. The molecule has 6 heteroatoms. The highest BCUT2D eigenvalue weighted by atomic mass is 15.0. The van der Waals surface area contributed by atoms with Crippen molar-refractivity contribution in [1.82, 2.24) is 15.3 Å². The SMILES string of the molecule is C=C(Nc1cc2cc(C(C=NC)=C(C)C)ccc2cn1)c1ccnc(NC2CCNCC2)c1.CC. The predicted octanol–water partition coefficient (Wildman–Crippen LogP) is 6.40. The first-order valence-electron chi connectivity index (χ1n) is 12.4. The third-order valence-corrected chi connectivity index (χ3v) is 5.91. The third-order valence-electron chi connectivity index (χ3n) is 5.91. The van der Waals surface area contributed by atoms with Gasteiger partial charge in [0.1, 0.15) is 11.6 Å². The zero-order chi connectivity index (χ0) is 25.2. The van der Waals surface area contributed by atoms with E-state index in [1.54, 1.807) is 7.05 Å². The number of hydrogen-bond donors (Lipinski definition) is 3. The summed E-state index contributed by atoms with van der Waals surface area (Å²) < 4.78 is 0. The maximum atomic E-state index is 4.59. The Kier molecular flexibility index (Phi) is 9.56. The van der Waals surface area contributed by atoms with Gasteiger partial charge in [-0.25, -0.2) is 9.97 Å². The number of allylic oxidation sites excluding steroid dienone is 2. The third kappa shape index (κ3) is 6.99. The number of pyridine rings is 2. The molecule has 0 radical (unpaired) electrons. The van der Waals surface area contributed by atoms with Gasteiger partial charge in [0.2, 0.25) is 0 Å². The normalized spacial score (nSPS) is 13.7. The number of benzene rings is 1. The molecule has 3 aromatic rings. The van der Waals surface area contributed by atoms with Crippen LogP contribution in [0, 0.1) is 0 Å². The number of hydrogen-bond acceptors (Lipinski definition) is 6. The lowest BCUT2D eigenvalue weighted by atomic mass is 9.99. The van der Waals surface area contributed by atoms with E-state index in [9.17, 15) is 0 Å². The van der Waals surface area contributed by atoms with Crippen molar-refractivity contribution >= 4 is 39.9 Å². The fourth-order valence-corrected chi connectivity index (χ4v) is 4.10. The second-order valence-electron chi connectivity index (χ2n) is 8.63. The molecule has 1 aliphatic rings. The number of nitrogens with one attached hydrogen (secondary N) is 3. The smallest absolute Gasteiger partial charge is 0.130 e. The second-order valence-corrected chi connectivity index (χ2v) is 8.63. The minimum Gasteiger partial charge on any atom is -0.367 e. The molecule has 3 N–H and O–H groups in total. The van der Waals surface area contributed by atoms with Crippen molar-refractivity contribution in [3.8, 4) is 0 Å². The van der Waals surface area contributed by atoms with E-state index in [1.807, 2.05) is 44.6 Å². The number of fused-ring (bicyclic) bond motifs is 1. The molecule has 1 saturated heterocycles. The molecule has 3 heterocycles. The Hall–Kier alpha value is -3.51. The molecule has 0 spiro atoms. The molecule has 1 aliphatic heterocycles. The van der Waals surface area contributed by atoms with Crippen LogP contribution in [0.5, 0.6) is 0 Å². The summed E-state index contributed by atoms with van der Waals surface area (Å²) in [6, 6.07) is 12.9. The van der Waals surface area contributed by atoms with Crippen molar-refractivity contribution in [2.24, 2.45) is 4.99 Å². The standard InChI is InChI=1S/C27H32N6.C2H6/c1-18(2)25(17-28-4)21-5-6-22-16-31-27(15-23(22)13-21)32-19(3)20-7-12-30-26(14-20)33-24-8-10-29-11-9-24;1-2/h5-7,12-17,24,29H,3,8-11H2,1-2,4H3,(H,30,33)(H,31,32);1-2H3. The highest BCUT2D eigenvalue weighted by molar-refractivity contribution is 6.11. The molecule has 0 unspecified atom stereocenters. The van der Waals surface area contributed by atoms with Gasteiger partial charge in [0.05, 0.1) is 0 Å². The second kappa shape index (κ2) is 12.8. The maximum absolute atomic E-state index is 4.59. The summed E-state index contributed by atoms with van der Waals surface area (Å²) in [6.45, 7) is 14.5. The van der Waals surface area contributed by atoms with Crippen LogP contribution in [0.15, 0.2) is 65.9 Å². The van der Waals surface area contributed by atoms with Crippen LogP contribution in [0.1, 0.15) is 51.7 Å². The molecular weight excluding hydrogens is 432 g/mol. The van der Waals surface area contributed by atoms with Crippen LogP contribution in [0.3, 0.4) is 0 Å². The fourth-order valence-electron chi connectivity index (χ4n) is 4.10. The highest BCUT2D eigenvalue weighted by Crippen LogP contribution is 2.25. The molecule has 0 atom stereocenters. The molecule has 0 bridgehead atoms. The van der Waals surface area contributed by atoms with Crippen LogP contribution in [0.2, 0.25) is 0 Å². The van der Waals surface area contributed by atoms with Crippen LogP contribution in [-0.4, -0.2) is 42.4 Å². The van der Waals surface area contributed by atoms with Gasteiger partial charge in [0.15, 0.2) is 0 Å². The molecule has 1 fully saturated rings. The van der Waals surface area contributed by atoms with Gasteiger partial charge in [-0.05, 0) is 80.6 Å². The van der Waals surface area contributed by atoms with E-state index in [0.717, 1.165) is 70.7 Å². The van der Waals surface area contributed by atoms with Gasteiger partial charge in [0.25, 0.3) is 0 Å². The Morgan fingerprint density at radius 1 is 1.00 bits per heavy atom. The minimum absolute atomic E-state index is 0.454. The van der Waals surface area contributed by atoms with E-state index >= 15 is 0 Å². The lowest BCUT2D eigenvalue weighted by Gasteiger charge is -2.24. The number of piperidine rings is 1. The molecule has 184 valence electrons. The molecule has 2 aromatic heterocycles. The van der Waals surface area contributed by atoms with Crippen molar-refractivity contribution in [1.29, 1.82) is 0 Å². The first-order valence-corrected chi connectivity index (χ1v) is 12.4. The number of rotatable bonds is 7. The molecule has 1 aromatic carbocycles. The van der Waals surface area contributed by atoms with Crippen molar-refractivity contribution in [2.45, 2.75) is 46.6 Å². The molecule has 0 saturated carbocycles. The summed E-state index contributed by atoms with van der Waals surface area (Å²) in [7, 11) is 1.80. The van der Waals surface area contributed by atoms with Gasteiger partial charge < -0.3 is 16.0 Å². The minimum atomic E-state index is 0.454. The summed E-state index contributed by atoms with van der Waals surface area (Å²) in [6.07, 6.45) is 7.83. The summed E-state index contributed by atoms with van der Waals surface area (Å²) in [5, 5.41) is 12.5. The van der Waals surface area contributed by atoms with Crippen LogP contribution in [0.4, 0.5) is 11.6 Å². The number of anilines is 2. The van der Waals surface area contributed by atoms with Gasteiger partial charge in [0, 0.05) is 48.3 Å². The van der Waals surface area contributed by atoms with Gasteiger partial charge in [-0.1, -0.05) is 38.1 Å². The lowest BCUT2D eigenvalue weighted by molar-refractivity contribution is 0.478. The Balaban J connectivity index is 0.00000167. The molecule has 0 aliphatic carbocycles. The highest BCUT2D eigenvalue weighted by Gasteiger charge is 2.13. The van der Waals surface area contributed by atoms with Crippen molar-refractivity contribution in [3.05, 3.63) is 72.1 Å². The Morgan fingerprint density at radius 2 is 1.77 bits per heavy atom. The van der Waals surface area contributed by atoms with Crippen molar-refractivity contribution < 1.29 is 0 Å². The zero-order valence-corrected chi connectivity index (χ0v) is 21.7. The van der Waals surface area contributed by atoms with E-state index in [0.29, 0.717) is 6.04 Å². The fraction of sp³-hybridized carbons (Fsp3) is 0.345. The van der Waals surface area contributed by atoms with Crippen molar-refractivity contribution in [2.75, 3.05) is 30.8 Å². The average Bonchev–Trinajstić information content (AvgIpc) is 2.88. The van der Waals surface area contributed by atoms with Gasteiger partial charge in [-0.3, -0.25) is 4.99 Å². The quantitative estimate of drug-likeness (QED) is 0.349. The summed E-state index contributed by atoms with van der Waals surface area (Å²) in [4.78, 5) is 13.3. The molecule has 4 rings (SSSR count). The summed E-state index contributed by atoms with van der Waals surface area (Å²) in [5.74, 6) is 1.64. The topological polar surface area (TPSA) is 74.2 Å². The van der Waals surface area contributed by atoms with E-state index in [-0.39, 0.29) is 0 Å². The van der Waals surface area contributed by atoms with E-state index < -0.39 is 0 Å². The molecule has 6 nitrogen and oxygen atoms in total. The summed E-state index contributed by atoms with van der Waals surface area (Å²) >= 11 is 0. The van der Waals surface area contributed by atoms with Crippen LogP contribution in [0.25, 0.3) is 22.0 Å². The molecule has 0 amide bonds. The van der Waals surface area contributed by atoms with E-state index in [4.69, 9.17) is 0 Å². The van der Waals surface area contributed by atoms with E-state index in [2.05, 4.69) is 75.6 Å². The Morgan fingerprint density at radius 3 is 2.49 bits per heavy atom. The first-order chi connectivity index (χ1) is 17.0. The first kappa shape index (κ1) is 26.1. The largest absolute Gasteiger partial charge is 0.367 e. The van der Waals surface area contributed by atoms with Crippen LogP contribution < -0.4 is 16.0 Å². The molecular formula is C29H38N6. The number of aromatic nitrogens is 2. The number of aliphatic imine (C=N–C) groups is 1. The van der Waals surface area contributed by atoms with Crippen LogP contribution in [-0.2, 0) is 0 Å². The zero-order valence-electron chi connectivity index (χ0n) is 21.7. The summed E-state index contributed by atoms with van der Waals surface area (Å²) in [5.41, 5.74) is 5.29. The maximum Gasteiger partial charge on any atom is 0.130 e. The Labute approximate surface area is 209 Å². The monoisotopic (exact) mass is 470 g/mol. The van der Waals surface area contributed by atoms with Crippen LogP contribution >= 0.6 is 0 Å². The van der Waals surface area contributed by atoms with E-state index in [1.165, 1.54) is 5.57 Å². The van der Waals surface area contributed by atoms with Gasteiger partial charge >= 0.3 is 0 Å². The molecule has 35 heavy (non-hydrogen) atoms. The average molecular weight is 471 g/mol. The van der Waals surface area contributed by atoms with Gasteiger partial charge in [-0.2, -0.15) is 0 Å². The van der Waals surface area contributed by atoms with Gasteiger partial charge in [-0.15, -0.1) is 0 Å². The Bertz CT molecular complexity index is 1200. The predicted molar refractivity (Wildman–Crippen MR) is 152 cm³/mol. The number of nitrogens with zero attached hydrogens (tertiary/aromatic N) is 3. The van der Waals surface area contributed by atoms with Crippen molar-refractivity contribution in [3.63, 3.8) is 0 Å².